The van der Waals surface area contributed by atoms with Crippen molar-refractivity contribution < 1.29 is 9.53 Å². The zero-order chi connectivity index (χ0) is 12.1. The highest BCUT2D eigenvalue weighted by molar-refractivity contribution is 6.00. The molecule has 0 bridgehead atoms. The summed E-state index contributed by atoms with van der Waals surface area (Å²) in [5.74, 6) is 0.715. The molecule has 86 valence electrons. The molecule has 0 saturated heterocycles. The zero-order valence-electron chi connectivity index (χ0n) is 10.2. The number of hydrogen-bond donors (Lipinski definition) is 0. The van der Waals surface area contributed by atoms with Crippen molar-refractivity contribution in [3.8, 4) is 5.75 Å². The van der Waals surface area contributed by atoms with Crippen LogP contribution in [0.5, 0.6) is 5.75 Å². The molecule has 0 amide bonds. The fraction of sp³-hybridized carbons (Fsp3) is 0.357. The molecule has 0 radical (unpaired) electrons. The number of Topliss-reactive ketones (excluding diaryl/α,β-unsaturated/α-hetero) is 1. The Morgan fingerprint density at radius 2 is 2.12 bits per heavy atom. The number of aryl methyl sites for hydroxylation is 1. The molecular weight excluding hydrogens is 200 g/mol. The molecule has 0 spiro atoms. The van der Waals surface area contributed by atoms with Crippen LogP contribution in [0, 0.1) is 6.92 Å². The van der Waals surface area contributed by atoms with Gasteiger partial charge in [0.25, 0.3) is 0 Å². The van der Waals surface area contributed by atoms with Crippen LogP contribution in [0.25, 0.3) is 0 Å². The van der Waals surface area contributed by atoms with Gasteiger partial charge in [0.15, 0.2) is 5.78 Å². The Balaban J connectivity index is 2.97. The number of ketones is 1. The van der Waals surface area contributed by atoms with Crippen LogP contribution in [-0.2, 0) is 0 Å². The van der Waals surface area contributed by atoms with Crippen LogP contribution in [0.4, 0.5) is 0 Å². The summed E-state index contributed by atoms with van der Waals surface area (Å²) in [5.41, 5.74) is 2.66. The molecule has 0 heterocycles. The van der Waals surface area contributed by atoms with E-state index in [1.807, 2.05) is 32.0 Å². The average Bonchev–Trinajstić information content (AvgIpc) is 2.28. The van der Waals surface area contributed by atoms with Gasteiger partial charge in [0, 0.05) is 6.42 Å². The number of carbonyl (C=O) groups excluding carboxylic acids is 1. The number of hydrogen-bond acceptors (Lipinski definition) is 2. The van der Waals surface area contributed by atoms with Crippen molar-refractivity contribution in [1.82, 2.24) is 0 Å². The van der Waals surface area contributed by atoms with Gasteiger partial charge in [0.05, 0.1) is 12.7 Å². The maximum absolute atomic E-state index is 12.0. The van der Waals surface area contributed by atoms with Gasteiger partial charge in [-0.3, -0.25) is 4.79 Å². The van der Waals surface area contributed by atoms with Gasteiger partial charge >= 0.3 is 0 Å². The monoisotopic (exact) mass is 218 g/mol. The fourth-order valence-corrected chi connectivity index (χ4v) is 1.49. The Morgan fingerprint density at radius 3 is 2.69 bits per heavy atom. The molecule has 0 atom stereocenters. The minimum absolute atomic E-state index is 0.0763. The van der Waals surface area contributed by atoms with Gasteiger partial charge in [-0.2, -0.15) is 0 Å². The molecule has 0 N–H and O–H groups in total. The number of allylic oxidation sites excluding steroid dienone is 1. The SMILES string of the molecule is C=C(CC)CC(=O)c1cc(C)ccc1OC. The Morgan fingerprint density at radius 1 is 1.44 bits per heavy atom. The third-order valence-corrected chi connectivity index (χ3v) is 2.57. The first-order chi connectivity index (χ1) is 7.58. The predicted molar refractivity (Wildman–Crippen MR) is 66.1 cm³/mol. The first-order valence-electron chi connectivity index (χ1n) is 5.43. The van der Waals surface area contributed by atoms with Crippen molar-refractivity contribution in [1.29, 1.82) is 0 Å². The van der Waals surface area contributed by atoms with E-state index in [0.717, 1.165) is 17.6 Å². The molecule has 0 aromatic heterocycles. The van der Waals surface area contributed by atoms with E-state index in [1.165, 1.54) is 0 Å². The zero-order valence-corrected chi connectivity index (χ0v) is 10.2. The van der Waals surface area contributed by atoms with E-state index in [2.05, 4.69) is 6.58 Å². The van der Waals surface area contributed by atoms with E-state index in [-0.39, 0.29) is 5.78 Å². The van der Waals surface area contributed by atoms with Crippen molar-refractivity contribution in [2.75, 3.05) is 7.11 Å². The van der Waals surface area contributed by atoms with E-state index < -0.39 is 0 Å². The summed E-state index contributed by atoms with van der Waals surface area (Å²) >= 11 is 0. The second-order valence-electron chi connectivity index (χ2n) is 3.91. The van der Waals surface area contributed by atoms with Crippen LogP contribution in [0.2, 0.25) is 0 Å². The summed E-state index contributed by atoms with van der Waals surface area (Å²) in [4.78, 5) is 12.0. The fourth-order valence-electron chi connectivity index (χ4n) is 1.49. The lowest BCUT2D eigenvalue weighted by molar-refractivity contribution is 0.0989. The summed E-state index contributed by atoms with van der Waals surface area (Å²) in [7, 11) is 1.58. The lowest BCUT2D eigenvalue weighted by Gasteiger charge is -2.09. The Kier molecular flexibility index (Phi) is 4.29. The third kappa shape index (κ3) is 2.96. The highest BCUT2D eigenvalue weighted by atomic mass is 16.5. The number of carbonyl (C=O) groups is 1. The quantitative estimate of drug-likeness (QED) is 0.558. The molecule has 0 aliphatic rings. The van der Waals surface area contributed by atoms with Crippen LogP contribution in [-0.4, -0.2) is 12.9 Å². The summed E-state index contributed by atoms with van der Waals surface area (Å²) in [5, 5.41) is 0. The normalized spacial score (nSPS) is 9.94. The Bertz CT molecular complexity index is 405. The highest BCUT2D eigenvalue weighted by Gasteiger charge is 2.12. The van der Waals surface area contributed by atoms with Gasteiger partial charge in [-0.15, -0.1) is 0 Å². The molecule has 16 heavy (non-hydrogen) atoms. The third-order valence-electron chi connectivity index (χ3n) is 2.57. The van der Waals surface area contributed by atoms with Crippen LogP contribution >= 0.6 is 0 Å². The van der Waals surface area contributed by atoms with Crippen molar-refractivity contribution in [2.45, 2.75) is 26.7 Å². The number of benzene rings is 1. The molecule has 0 saturated carbocycles. The van der Waals surface area contributed by atoms with E-state index in [4.69, 9.17) is 4.74 Å². The molecule has 0 fully saturated rings. The van der Waals surface area contributed by atoms with Crippen molar-refractivity contribution in [3.05, 3.63) is 41.5 Å². The van der Waals surface area contributed by atoms with Gasteiger partial charge in [0.1, 0.15) is 5.75 Å². The summed E-state index contributed by atoms with van der Waals surface area (Å²) in [6.07, 6.45) is 1.23. The minimum atomic E-state index is 0.0763. The van der Waals surface area contributed by atoms with Gasteiger partial charge in [0.2, 0.25) is 0 Å². The molecule has 2 heteroatoms. The number of ether oxygens (including phenoxy) is 1. The predicted octanol–water partition coefficient (Wildman–Crippen LogP) is 3.54. The lowest BCUT2D eigenvalue weighted by Crippen LogP contribution is -2.03. The van der Waals surface area contributed by atoms with Gasteiger partial charge in [-0.05, 0) is 25.5 Å². The van der Waals surface area contributed by atoms with Gasteiger partial charge < -0.3 is 4.74 Å². The van der Waals surface area contributed by atoms with E-state index in [0.29, 0.717) is 17.7 Å². The van der Waals surface area contributed by atoms with E-state index in [9.17, 15) is 4.79 Å². The Labute approximate surface area is 96.9 Å². The van der Waals surface area contributed by atoms with Gasteiger partial charge in [-0.1, -0.05) is 30.7 Å². The average molecular weight is 218 g/mol. The van der Waals surface area contributed by atoms with Crippen molar-refractivity contribution in [3.63, 3.8) is 0 Å². The number of methoxy groups -OCH3 is 1. The summed E-state index contributed by atoms with van der Waals surface area (Å²) < 4.78 is 5.19. The van der Waals surface area contributed by atoms with E-state index >= 15 is 0 Å². The largest absolute Gasteiger partial charge is 0.496 e. The molecule has 0 aliphatic heterocycles. The van der Waals surface area contributed by atoms with Crippen LogP contribution in [0.15, 0.2) is 30.4 Å². The maximum atomic E-state index is 12.0. The highest BCUT2D eigenvalue weighted by Crippen LogP contribution is 2.22. The Hall–Kier alpha value is -1.57. The molecular formula is C14H18O2. The summed E-state index contributed by atoms with van der Waals surface area (Å²) in [6, 6.07) is 5.63. The van der Waals surface area contributed by atoms with Crippen LogP contribution in [0.1, 0.15) is 35.7 Å². The molecule has 0 aliphatic carbocycles. The second kappa shape index (κ2) is 5.50. The smallest absolute Gasteiger partial charge is 0.170 e. The van der Waals surface area contributed by atoms with Crippen LogP contribution in [0.3, 0.4) is 0 Å². The molecule has 0 unspecified atom stereocenters. The van der Waals surface area contributed by atoms with Crippen LogP contribution < -0.4 is 4.74 Å². The lowest BCUT2D eigenvalue weighted by atomic mass is 10.0. The molecule has 1 aromatic rings. The van der Waals surface area contributed by atoms with E-state index in [1.54, 1.807) is 7.11 Å². The van der Waals surface area contributed by atoms with Gasteiger partial charge in [-0.25, -0.2) is 0 Å². The van der Waals surface area contributed by atoms with Crippen molar-refractivity contribution >= 4 is 5.78 Å². The minimum Gasteiger partial charge on any atom is -0.496 e. The molecule has 1 aromatic carbocycles. The van der Waals surface area contributed by atoms with Crippen molar-refractivity contribution in [2.24, 2.45) is 0 Å². The first-order valence-corrected chi connectivity index (χ1v) is 5.43. The first kappa shape index (κ1) is 12.5. The second-order valence-corrected chi connectivity index (χ2v) is 3.91. The topological polar surface area (TPSA) is 26.3 Å². The molecule has 2 nitrogen and oxygen atoms in total. The standard InChI is InChI=1S/C14H18O2/c1-5-10(2)9-13(15)12-8-11(3)6-7-14(12)16-4/h6-8H,2,5,9H2,1,3-4H3. The summed E-state index contributed by atoms with van der Waals surface area (Å²) in [6.45, 7) is 7.82. The number of rotatable bonds is 5. The maximum Gasteiger partial charge on any atom is 0.170 e. The molecule has 1 rings (SSSR count).